The molecule has 0 spiro atoms. The van der Waals surface area contributed by atoms with Crippen molar-refractivity contribution in [3.8, 4) is 11.3 Å². The number of rotatable bonds is 6. The smallest absolute Gasteiger partial charge is 0.276 e. The Morgan fingerprint density at radius 2 is 1.84 bits per heavy atom. The Hall–Kier alpha value is -3.16. The number of anilines is 1. The fourth-order valence-electron chi connectivity index (χ4n) is 3.77. The zero-order chi connectivity index (χ0) is 22.5. The largest absolute Gasteiger partial charge is 0.355 e. The standard InChI is InChI=1S/C24H25ClN4O3/c1-2-17-6-3-4-9-20(17)26-23(30)16-28-10-12-29(13-11-28)24(31)21-15-22(32-27-21)18-7-5-8-19(25)14-18/h3-9,14-15H,2,10-13,16H2,1H3,(H,26,30). The molecule has 0 saturated carbocycles. The molecule has 7 nitrogen and oxygen atoms in total. The van der Waals surface area contributed by atoms with Crippen molar-refractivity contribution in [1.82, 2.24) is 15.0 Å². The van der Waals surface area contributed by atoms with Gasteiger partial charge in [-0.15, -0.1) is 0 Å². The van der Waals surface area contributed by atoms with E-state index in [1.807, 2.05) is 41.3 Å². The molecule has 0 atom stereocenters. The van der Waals surface area contributed by atoms with E-state index >= 15 is 0 Å². The van der Waals surface area contributed by atoms with Gasteiger partial charge in [0.2, 0.25) is 5.91 Å². The third-order valence-electron chi connectivity index (χ3n) is 5.54. The Balaban J connectivity index is 1.30. The van der Waals surface area contributed by atoms with Crippen molar-refractivity contribution in [2.24, 2.45) is 0 Å². The number of hydrogen-bond acceptors (Lipinski definition) is 5. The number of hydrogen-bond donors (Lipinski definition) is 1. The fourth-order valence-corrected chi connectivity index (χ4v) is 3.96. The summed E-state index contributed by atoms with van der Waals surface area (Å²) >= 11 is 6.03. The van der Waals surface area contributed by atoms with Crippen molar-refractivity contribution in [2.75, 3.05) is 38.0 Å². The monoisotopic (exact) mass is 452 g/mol. The molecule has 1 aliphatic heterocycles. The SMILES string of the molecule is CCc1ccccc1NC(=O)CN1CCN(C(=O)c2cc(-c3cccc(Cl)c3)on2)CC1. The lowest BCUT2D eigenvalue weighted by Gasteiger charge is -2.33. The Morgan fingerprint density at radius 3 is 2.59 bits per heavy atom. The zero-order valence-corrected chi connectivity index (χ0v) is 18.6. The first-order valence-corrected chi connectivity index (χ1v) is 11.0. The van der Waals surface area contributed by atoms with E-state index in [0.717, 1.165) is 23.2 Å². The molecule has 2 amide bonds. The Kier molecular flexibility index (Phi) is 6.87. The number of aryl methyl sites for hydroxylation is 1. The summed E-state index contributed by atoms with van der Waals surface area (Å²) in [6.07, 6.45) is 0.859. The molecule has 2 aromatic carbocycles. The number of aromatic nitrogens is 1. The van der Waals surface area contributed by atoms with Crippen LogP contribution in [0.5, 0.6) is 0 Å². The van der Waals surface area contributed by atoms with Crippen LogP contribution in [0.2, 0.25) is 5.02 Å². The number of carbonyl (C=O) groups is 2. The summed E-state index contributed by atoms with van der Waals surface area (Å²) in [7, 11) is 0. The van der Waals surface area contributed by atoms with E-state index in [0.29, 0.717) is 43.5 Å². The van der Waals surface area contributed by atoms with Crippen LogP contribution >= 0.6 is 11.6 Å². The molecule has 8 heteroatoms. The number of nitrogens with one attached hydrogen (secondary N) is 1. The van der Waals surface area contributed by atoms with E-state index in [-0.39, 0.29) is 17.5 Å². The summed E-state index contributed by atoms with van der Waals surface area (Å²) in [6, 6.07) is 16.7. The zero-order valence-electron chi connectivity index (χ0n) is 17.9. The second-order valence-electron chi connectivity index (χ2n) is 7.71. The van der Waals surface area contributed by atoms with Gasteiger partial charge in [-0.1, -0.05) is 54.0 Å². The molecule has 3 aromatic rings. The maximum Gasteiger partial charge on any atom is 0.276 e. The maximum absolute atomic E-state index is 12.8. The quantitative estimate of drug-likeness (QED) is 0.612. The Bertz CT molecular complexity index is 1110. The minimum absolute atomic E-state index is 0.0478. The summed E-state index contributed by atoms with van der Waals surface area (Å²) in [5.74, 6) is 0.273. The van der Waals surface area contributed by atoms with Gasteiger partial charge in [0.25, 0.3) is 5.91 Å². The van der Waals surface area contributed by atoms with Crippen molar-refractivity contribution in [1.29, 1.82) is 0 Å². The minimum Gasteiger partial charge on any atom is -0.355 e. The normalized spacial score (nSPS) is 14.4. The van der Waals surface area contributed by atoms with Crippen LogP contribution < -0.4 is 5.32 Å². The first-order chi connectivity index (χ1) is 15.5. The van der Waals surface area contributed by atoms with Gasteiger partial charge in [0.15, 0.2) is 11.5 Å². The van der Waals surface area contributed by atoms with Crippen molar-refractivity contribution >= 4 is 29.1 Å². The topological polar surface area (TPSA) is 78.7 Å². The molecule has 1 N–H and O–H groups in total. The van der Waals surface area contributed by atoms with Gasteiger partial charge in [0.1, 0.15) is 0 Å². The van der Waals surface area contributed by atoms with Crippen molar-refractivity contribution < 1.29 is 14.1 Å². The molecule has 4 rings (SSSR count). The summed E-state index contributed by atoms with van der Waals surface area (Å²) < 4.78 is 5.35. The third-order valence-corrected chi connectivity index (χ3v) is 5.77. The van der Waals surface area contributed by atoms with Gasteiger partial charge in [-0.05, 0) is 30.2 Å². The van der Waals surface area contributed by atoms with Crippen LogP contribution in [0.25, 0.3) is 11.3 Å². The molecule has 0 aliphatic carbocycles. The first-order valence-electron chi connectivity index (χ1n) is 10.7. The molecule has 0 radical (unpaired) electrons. The lowest BCUT2D eigenvalue weighted by molar-refractivity contribution is -0.117. The second kappa shape index (κ2) is 9.97. The van der Waals surface area contributed by atoms with Crippen molar-refractivity contribution in [2.45, 2.75) is 13.3 Å². The van der Waals surface area contributed by atoms with Crippen molar-refractivity contribution in [3.63, 3.8) is 0 Å². The molecule has 166 valence electrons. The lowest BCUT2D eigenvalue weighted by atomic mass is 10.1. The average Bonchev–Trinajstić information content (AvgIpc) is 3.30. The molecule has 0 bridgehead atoms. The number of piperazine rings is 1. The Labute approximate surface area is 191 Å². The van der Waals surface area contributed by atoms with Crippen LogP contribution in [-0.2, 0) is 11.2 Å². The highest BCUT2D eigenvalue weighted by atomic mass is 35.5. The van der Waals surface area contributed by atoms with E-state index in [1.165, 1.54) is 0 Å². The lowest BCUT2D eigenvalue weighted by Crippen LogP contribution is -2.50. The molecule has 32 heavy (non-hydrogen) atoms. The van der Waals surface area contributed by atoms with Crippen LogP contribution in [0.3, 0.4) is 0 Å². The number of amides is 2. The molecule has 0 unspecified atom stereocenters. The fraction of sp³-hybridized carbons (Fsp3) is 0.292. The molecular weight excluding hydrogens is 428 g/mol. The molecule has 1 fully saturated rings. The molecule has 1 aliphatic rings. The van der Waals surface area contributed by atoms with Crippen LogP contribution in [0.15, 0.2) is 59.1 Å². The van der Waals surface area contributed by atoms with Crippen LogP contribution in [0.4, 0.5) is 5.69 Å². The van der Waals surface area contributed by atoms with Gasteiger partial charge in [-0.2, -0.15) is 0 Å². The van der Waals surface area contributed by atoms with Crippen LogP contribution in [0, 0.1) is 0 Å². The van der Waals surface area contributed by atoms with E-state index in [4.69, 9.17) is 16.1 Å². The number of carbonyl (C=O) groups excluding carboxylic acids is 2. The van der Waals surface area contributed by atoms with E-state index in [2.05, 4.69) is 17.4 Å². The number of para-hydroxylation sites is 1. The molecule has 1 saturated heterocycles. The third kappa shape index (κ3) is 5.18. The summed E-state index contributed by atoms with van der Waals surface area (Å²) in [6.45, 7) is 4.65. The summed E-state index contributed by atoms with van der Waals surface area (Å²) in [5.41, 5.74) is 3.00. The summed E-state index contributed by atoms with van der Waals surface area (Å²) in [5, 5.41) is 7.53. The van der Waals surface area contributed by atoms with Crippen LogP contribution in [0.1, 0.15) is 23.0 Å². The number of benzene rings is 2. The Morgan fingerprint density at radius 1 is 1.06 bits per heavy atom. The predicted molar refractivity (Wildman–Crippen MR) is 124 cm³/mol. The predicted octanol–water partition coefficient (Wildman–Crippen LogP) is 3.95. The second-order valence-corrected chi connectivity index (χ2v) is 8.15. The highest BCUT2D eigenvalue weighted by Crippen LogP contribution is 2.24. The van der Waals surface area contributed by atoms with Gasteiger partial charge in [0, 0.05) is 48.5 Å². The van der Waals surface area contributed by atoms with Gasteiger partial charge in [0.05, 0.1) is 6.54 Å². The van der Waals surface area contributed by atoms with E-state index < -0.39 is 0 Å². The average molecular weight is 453 g/mol. The highest BCUT2D eigenvalue weighted by Gasteiger charge is 2.25. The van der Waals surface area contributed by atoms with Gasteiger partial charge < -0.3 is 14.7 Å². The molecule has 2 heterocycles. The van der Waals surface area contributed by atoms with Gasteiger partial charge >= 0.3 is 0 Å². The summed E-state index contributed by atoms with van der Waals surface area (Å²) in [4.78, 5) is 29.1. The van der Waals surface area contributed by atoms with Crippen LogP contribution in [-0.4, -0.2) is 59.5 Å². The maximum atomic E-state index is 12.8. The van der Waals surface area contributed by atoms with Crippen molar-refractivity contribution in [3.05, 3.63) is 70.9 Å². The highest BCUT2D eigenvalue weighted by molar-refractivity contribution is 6.30. The van der Waals surface area contributed by atoms with E-state index in [9.17, 15) is 9.59 Å². The van der Waals surface area contributed by atoms with E-state index in [1.54, 1.807) is 23.1 Å². The first kappa shape index (κ1) is 22.0. The number of nitrogens with zero attached hydrogens (tertiary/aromatic N) is 3. The van der Waals surface area contributed by atoms with Gasteiger partial charge in [-0.3, -0.25) is 14.5 Å². The minimum atomic E-state index is -0.178. The molecular formula is C24H25ClN4O3. The number of halogens is 1. The van der Waals surface area contributed by atoms with Gasteiger partial charge in [-0.25, -0.2) is 0 Å². The molecule has 1 aromatic heterocycles.